The number of amides is 2. The maximum absolute atomic E-state index is 12.1. The monoisotopic (exact) mass is 268 g/mol. The summed E-state index contributed by atoms with van der Waals surface area (Å²) in [6.45, 7) is 2.71. The van der Waals surface area contributed by atoms with E-state index >= 15 is 0 Å². The number of rotatable bonds is 4. The van der Waals surface area contributed by atoms with Crippen molar-refractivity contribution in [3.8, 4) is 0 Å². The van der Waals surface area contributed by atoms with Gasteiger partial charge in [0.05, 0.1) is 5.69 Å². The van der Waals surface area contributed by atoms with Crippen molar-refractivity contribution in [2.75, 3.05) is 6.54 Å². The lowest BCUT2D eigenvalue weighted by Gasteiger charge is -2.22. The summed E-state index contributed by atoms with van der Waals surface area (Å²) in [6, 6.07) is -0.428. The molecule has 1 atom stereocenters. The Bertz CT molecular complexity index is 446. The third-order valence-electron chi connectivity index (χ3n) is 2.84. The Balaban J connectivity index is 2.02. The molecule has 1 aliphatic heterocycles. The van der Waals surface area contributed by atoms with Gasteiger partial charge in [-0.3, -0.25) is 9.59 Å². The maximum Gasteiger partial charge on any atom is 0.265 e. The van der Waals surface area contributed by atoms with Crippen LogP contribution in [-0.4, -0.2) is 34.0 Å². The summed E-state index contributed by atoms with van der Waals surface area (Å²) in [5.41, 5.74) is 0.719. The van der Waals surface area contributed by atoms with Crippen LogP contribution in [0.5, 0.6) is 0 Å². The molecule has 2 heterocycles. The number of carbonyl (C=O) groups is 2. The first-order valence-corrected chi connectivity index (χ1v) is 6.89. The maximum atomic E-state index is 12.1. The number of nitrogens with one attached hydrogen (secondary N) is 2. The van der Waals surface area contributed by atoms with Gasteiger partial charge >= 0.3 is 0 Å². The zero-order valence-corrected chi connectivity index (χ0v) is 11.0. The smallest absolute Gasteiger partial charge is 0.265 e. The second-order valence-electron chi connectivity index (χ2n) is 4.26. The molecular formula is C11H16N4O2S. The van der Waals surface area contributed by atoms with Crippen molar-refractivity contribution >= 4 is 23.3 Å². The van der Waals surface area contributed by atoms with E-state index in [-0.39, 0.29) is 11.8 Å². The Morgan fingerprint density at radius 3 is 3.17 bits per heavy atom. The molecule has 1 saturated heterocycles. The molecule has 98 valence electrons. The molecule has 0 aromatic carbocycles. The summed E-state index contributed by atoms with van der Waals surface area (Å²) >= 11 is 1.08. The van der Waals surface area contributed by atoms with Crippen LogP contribution >= 0.6 is 11.5 Å². The number of nitrogens with zero attached hydrogens (tertiary/aromatic N) is 2. The quantitative estimate of drug-likeness (QED) is 0.833. The first-order valence-electron chi connectivity index (χ1n) is 6.12. The molecule has 1 fully saturated rings. The highest BCUT2D eigenvalue weighted by Gasteiger charge is 2.25. The molecule has 1 aromatic heterocycles. The van der Waals surface area contributed by atoms with E-state index in [0.29, 0.717) is 17.8 Å². The lowest BCUT2D eigenvalue weighted by molar-refractivity contribution is -0.124. The minimum Gasteiger partial charge on any atom is -0.354 e. The number of aromatic nitrogens is 2. The zero-order chi connectivity index (χ0) is 13.0. The van der Waals surface area contributed by atoms with E-state index in [1.807, 2.05) is 6.92 Å². The Morgan fingerprint density at radius 2 is 2.44 bits per heavy atom. The van der Waals surface area contributed by atoms with Crippen LogP contribution in [0.25, 0.3) is 0 Å². The summed E-state index contributed by atoms with van der Waals surface area (Å²) in [4.78, 5) is 24.1. The summed E-state index contributed by atoms with van der Waals surface area (Å²) in [6.07, 6.45) is 3.22. The first-order chi connectivity index (χ1) is 8.72. The lowest BCUT2D eigenvalue weighted by Crippen LogP contribution is -2.50. The zero-order valence-electron chi connectivity index (χ0n) is 10.2. The fourth-order valence-electron chi connectivity index (χ4n) is 1.92. The highest BCUT2D eigenvalue weighted by molar-refractivity contribution is 7.08. The number of carbonyl (C=O) groups excluding carboxylic acids is 2. The first kappa shape index (κ1) is 12.9. The van der Waals surface area contributed by atoms with Crippen molar-refractivity contribution in [2.45, 2.75) is 38.6 Å². The predicted octanol–water partition coefficient (Wildman–Crippen LogP) is 0.499. The standard InChI is InChI=1S/C11H16N4O2S/c1-2-4-7-9(18-15-14-7)11(17)13-8-5-3-6-12-10(8)16/h8H,2-6H2,1H3,(H,12,16)(H,13,17)/t8-/m1/s1. The van der Waals surface area contributed by atoms with Crippen LogP contribution < -0.4 is 10.6 Å². The second kappa shape index (κ2) is 5.90. The van der Waals surface area contributed by atoms with Gasteiger partial charge in [0.15, 0.2) is 0 Å². The summed E-state index contributed by atoms with van der Waals surface area (Å²) in [5.74, 6) is -0.348. The Kier molecular flexibility index (Phi) is 4.24. The van der Waals surface area contributed by atoms with E-state index in [4.69, 9.17) is 0 Å². The molecule has 0 spiro atoms. The van der Waals surface area contributed by atoms with Gasteiger partial charge in [-0.15, -0.1) is 5.10 Å². The number of hydrogen-bond donors (Lipinski definition) is 2. The van der Waals surface area contributed by atoms with Crippen molar-refractivity contribution in [3.05, 3.63) is 10.6 Å². The SMILES string of the molecule is CCCc1nnsc1C(=O)N[C@@H]1CCCNC1=O. The van der Waals surface area contributed by atoms with Gasteiger partial charge in [0.25, 0.3) is 5.91 Å². The number of piperidine rings is 1. The van der Waals surface area contributed by atoms with E-state index in [0.717, 1.165) is 36.5 Å². The normalized spacial score (nSPS) is 19.4. The highest BCUT2D eigenvalue weighted by atomic mass is 32.1. The predicted molar refractivity (Wildman–Crippen MR) is 67.4 cm³/mol. The molecule has 2 N–H and O–H groups in total. The van der Waals surface area contributed by atoms with Crippen LogP contribution in [0, 0.1) is 0 Å². The van der Waals surface area contributed by atoms with Gasteiger partial charge in [-0.2, -0.15) is 0 Å². The molecule has 18 heavy (non-hydrogen) atoms. The minimum absolute atomic E-state index is 0.107. The minimum atomic E-state index is -0.428. The van der Waals surface area contributed by atoms with Gasteiger partial charge in [-0.25, -0.2) is 0 Å². The molecule has 2 rings (SSSR count). The van der Waals surface area contributed by atoms with Crippen LogP contribution in [0.4, 0.5) is 0 Å². The molecule has 6 nitrogen and oxygen atoms in total. The van der Waals surface area contributed by atoms with E-state index in [9.17, 15) is 9.59 Å². The Hall–Kier alpha value is -1.50. The number of hydrogen-bond acceptors (Lipinski definition) is 5. The van der Waals surface area contributed by atoms with Gasteiger partial charge in [0.1, 0.15) is 10.9 Å². The molecule has 0 aliphatic carbocycles. The van der Waals surface area contributed by atoms with Crippen LogP contribution in [0.3, 0.4) is 0 Å². The van der Waals surface area contributed by atoms with Crippen LogP contribution in [0.2, 0.25) is 0 Å². The topological polar surface area (TPSA) is 84.0 Å². The Morgan fingerprint density at radius 1 is 1.61 bits per heavy atom. The van der Waals surface area contributed by atoms with Crippen molar-refractivity contribution in [1.82, 2.24) is 20.2 Å². The van der Waals surface area contributed by atoms with Gasteiger partial charge in [0.2, 0.25) is 5.91 Å². The molecule has 7 heteroatoms. The molecule has 0 unspecified atom stereocenters. The third-order valence-corrected chi connectivity index (χ3v) is 3.61. The molecule has 1 aromatic rings. The van der Waals surface area contributed by atoms with Gasteiger partial charge in [0, 0.05) is 6.54 Å². The van der Waals surface area contributed by atoms with Crippen LogP contribution in [0.1, 0.15) is 41.6 Å². The van der Waals surface area contributed by atoms with Crippen molar-refractivity contribution < 1.29 is 9.59 Å². The molecule has 1 aliphatic rings. The number of aryl methyl sites for hydroxylation is 1. The largest absolute Gasteiger partial charge is 0.354 e. The van der Waals surface area contributed by atoms with Gasteiger partial charge in [-0.05, 0) is 30.8 Å². The molecule has 2 amide bonds. The van der Waals surface area contributed by atoms with E-state index < -0.39 is 6.04 Å². The fraction of sp³-hybridized carbons (Fsp3) is 0.636. The fourth-order valence-corrected chi connectivity index (χ4v) is 2.53. The van der Waals surface area contributed by atoms with E-state index in [1.54, 1.807) is 0 Å². The van der Waals surface area contributed by atoms with E-state index in [1.165, 1.54) is 0 Å². The van der Waals surface area contributed by atoms with Crippen molar-refractivity contribution in [1.29, 1.82) is 0 Å². The van der Waals surface area contributed by atoms with Gasteiger partial charge in [-0.1, -0.05) is 17.8 Å². The average Bonchev–Trinajstić information content (AvgIpc) is 2.81. The molecule has 0 saturated carbocycles. The lowest BCUT2D eigenvalue weighted by atomic mass is 10.1. The van der Waals surface area contributed by atoms with Crippen LogP contribution in [0.15, 0.2) is 0 Å². The molecular weight excluding hydrogens is 252 g/mol. The summed E-state index contributed by atoms with van der Waals surface area (Å²) in [7, 11) is 0. The second-order valence-corrected chi connectivity index (χ2v) is 5.01. The van der Waals surface area contributed by atoms with Crippen molar-refractivity contribution in [2.24, 2.45) is 0 Å². The van der Waals surface area contributed by atoms with Crippen molar-refractivity contribution in [3.63, 3.8) is 0 Å². The molecule has 0 radical (unpaired) electrons. The average molecular weight is 268 g/mol. The summed E-state index contributed by atoms with van der Waals surface area (Å²) < 4.78 is 3.80. The summed E-state index contributed by atoms with van der Waals surface area (Å²) in [5, 5.41) is 9.44. The highest BCUT2D eigenvalue weighted by Crippen LogP contribution is 2.13. The Labute approximate surface area is 109 Å². The molecule has 0 bridgehead atoms. The van der Waals surface area contributed by atoms with Gasteiger partial charge < -0.3 is 10.6 Å². The van der Waals surface area contributed by atoms with Crippen LogP contribution in [-0.2, 0) is 11.2 Å². The third kappa shape index (κ3) is 2.84. The van der Waals surface area contributed by atoms with E-state index in [2.05, 4.69) is 20.2 Å².